The van der Waals surface area contributed by atoms with E-state index in [1.807, 2.05) is 25.1 Å². The van der Waals surface area contributed by atoms with Gasteiger partial charge in [0.25, 0.3) is 0 Å². The fraction of sp³-hybridized carbons (Fsp3) is 0.174. The van der Waals surface area contributed by atoms with Crippen LogP contribution in [-0.2, 0) is 5.41 Å². The lowest BCUT2D eigenvalue weighted by Gasteiger charge is -2.14. The number of aromatic nitrogens is 2. The highest BCUT2D eigenvalue weighted by Gasteiger charge is 2.47. The molecule has 27 heavy (non-hydrogen) atoms. The largest absolute Gasteiger partial charge is 0.239 e. The van der Waals surface area contributed by atoms with E-state index >= 15 is 0 Å². The molecule has 130 valence electrons. The third-order valence-electron chi connectivity index (χ3n) is 5.42. The number of benzene rings is 2. The number of aryl methyl sites for hydroxylation is 1. The summed E-state index contributed by atoms with van der Waals surface area (Å²) in [5.41, 5.74) is 6.23. The number of thiazole rings is 1. The van der Waals surface area contributed by atoms with E-state index in [-0.39, 0.29) is 5.41 Å². The number of fused-ring (bicyclic) bond motifs is 1. The van der Waals surface area contributed by atoms with Gasteiger partial charge in [-0.15, -0.1) is 0 Å². The molecule has 2 aromatic heterocycles. The van der Waals surface area contributed by atoms with Crippen molar-refractivity contribution < 1.29 is 0 Å². The second kappa shape index (κ2) is 6.00. The molecule has 5 rings (SSSR count). The molecule has 0 N–H and O–H groups in total. The summed E-state index contributed by atoms with van der Waals surface area (Å²) in [6.45, 7) is 1.96. The van der Waals surface area contributed by atoms with Crippen molar-refractivity contribution in [2.75, 3.05) is 0 Å². The monoisotopic (exact) mass is 367 g/mol. The summed E-state index contributed by atoms with van der Waals surface area (Å²) in [6, 6.07) is 23.0. The minimum absolute atomic E-state index is 0.0740. The van der Waals surface area contributed by atoms with Gasteiger partial charge in [-0.2, -0.15) is 5.26 Å². The summed E-state index contributed by atoms with van der Waals surface area (Å²) in [6.07, 6.45) is 2.30. The molecule has 0 atom stereocenters. The Balaban J connectivity index is 1.57. The van der Waals surface area contributed by atoms with E-state index in [1.165, 1.54) is 5.56 Å². The van der Waals surface area contributed by atoms with Crippen LogP contribution in [0.3, 0.4) is 0 Å². The van der Waals surface area contributed by atoms with Gasteiger partial charge < -0.3 is 0 Å². The summed E-state index contributed by atoms with van der Waals surface area (Å²) in [4.78, 5) is 10.7. The maximum absolute atomic E-state index is 9.13. The Kier molecular flexibility index (Phi) is 3.60. The maximum atomic E-state index is 9.13. The van der Waals surface area contributed by atoms with Gasteiger partial charge in [-0.3, -0.25) is 0 Å². The van der Waals surface area contributed by atoms with Crippen LogP contribution >= 0.6 is 11.3 Å². The topological polar surface area (TPSA) is 49.6 Å². The van der Waals surface area contributed by atoms with Crippen molar-refractivity contribution in [3.8, 4) is 16.6 Å². The molecule has 0 saturated heterocycles. The summed E-state index contributed by atoms with van der Waals surface area (Å²) in [7, 11) is 0. The number of rotatable bonds is 3. The van der Waals surface area contributed by atoms with Crippen molar-refractivity contribution >= 4 is 21.7 Å². The smallest absolute Gasteiger partial charge is 0.144 e. The van der Waals surface area contributed by atoms with Crippen LogP contribution in [0.1, 0.15) is 35.2 Å². The number of hydrogen-bond acceptors (Lipinski definition) is 4. The molecule has 0 spiro atoms. The first-order valence-corrected chi connectivity index (χ1v) is 9.86. The minimum Gasteiger partial charge on any atom is -0.239 e. The quantitative estimate of drug-likeness (QED) is 0.472. The van der Waals surface area contributed by atoms with E-state index in [0.29, 0.717) is 5.56 Å². The van der Waals surface area contributed by atoms with Crippen LogP contribution in [0.4, 0.5) is 0 Å². The van der Waals surface area contributed by atoms with Gasteiger partial charge in [0.05, 0.1) is 17.3 Å². The number of nitrogens with zero attached hydrogens (tertiary/aromatic N) is 3. The zero-order valence-electron chi connectivity index (χ0n) is 14.9. The number of pyridine rings is 1. The zero-order chi connectivity index (χ0) is 18.4. The van der Waals surface area contributed by atoms with Crippen LogP contribution in [0.5, 0.6) is 0 Å². The van der Waals surface area contributed by atoms with Gasteiger partial charge in [0.2, 0.25) is 0 Å². The second-order valence-electron chi connectivity index (χ2n) is 7.13. The predicted molar refractivity (Wildman–Crippen MR) is 109 cm³/mol. The molecule has 1 saturated carbocycles. The molecule has 2 heterocycles. The Hall–Kier alpha value is -3.03. The van der Waals surface area contributed by atoms with Gasteiger partial charge in [-0.1, -0.05) is 47.7 Å². The zero-order valence-corrected chi connectivity index (χ0v) is 15.8. The molecule has 4 aromatic rings. The molecule has 2 aromatic carbocycles. The molecule has 3 nitrogen and oxygen atoms in total. The first kappa shape index (κ1) is 16.2. The average molecular weight is 367 g/mol. The van der Waals surface area contributed by atoms with Crippen LogP contribution in [0.25, 0.3) is 20.9 Å². The van der Waals surface area contributed by atoms with Crippen LogP contribution in [-0.4, -0.2) is 9.97 Å². The summed E-state index contributed by atoms with van der Waals surface area (Å²) < 4.78 is 0. The normalized spacial score (nSPS) is 14.8. The Morgan fingerprint density at radius 2 is 1.81 bits per heavy atom. The third-order valence-corrected chi connectivity index (χ3v) is 6.43. The lowest BCUT2D eigenvalue weighted by Crippen LogP contribution is -2.10. The molecule has 0 unspecified atom stereocenters. The van der Waals surface area contributed by atoms with Crippen molar-refractivity contribution in [1.82, 2.24) is 9.97 Å². The van der Waals surface area contributed by atoms with Crippen molar-refractivity contribution in [1.29, 1.82) is 5.26 Å². The Morgan fingerprint density at radius 1 is 1.00 bits per heavy atom. The molecular formula is C23H17N3S. The number of nitriles is 1. The highest BCUT2D eigenvalue weighted by atomic mass is 32.1. The molecule has 1 aliphatic rings. The highest BCUT2D eigenvalue weighted by molar-refractivity contribution is 7.21. The van der Waals surface area contributed by atoms with Crippen LogP contribution in [0.15, 0.2) is 60.7 Å². The average Bonchev–Trinajstić information content (AvgIpc) is 3.41. The molecular weight excluding hydrogens is 350 g/mol. The predicted octanol–water partition coefficient (Wildman–Crippen LogP) is 5.62. The Bertz CT molecular complexity index is 1200. The van der Waals surface area contributed by atoms with Gasteiger partial charge in [-0.25, -0.2) is 9.97 Å². The van der Waals surface area contributed by atoms with Crippen molar-refractivity contribution in [2.24, 2.45) is 0 Å². The molecule has 4 heteroatoms. The third kappa shape index (κ3) is 2.63. The SMILES string of the molecule is Cc1cc(-c2nc3ccc(C4(c5ccccc5)CC4)nc3s2)ccc1C#N. The van der Waals surface area contributed by atoms with E-state index in [9.17, 15) is 0 Å². The van der Waals surface area contributed by atoms with E-state index in [4.69, 9.17) is 15.2 Å². The van der Waals surface area contributed by atoms with Crippen molar-refractivity contribution in [3.63, 3.8) is 0 Å². The van der Waals surface area contributed by atoms with Crippen LogP contribution < -0.4 is 0 Å². The fourth-order valence-corrected chi connectivity index (χ4v) is 4.64. The highest BCUT2D eigenvalue weighted by Crippen LogP contribution is 2.53. The van der Waals surface area contributed by atoms with Crippen LogP contribution in [0, 0.1) is 18.3 Å². The fourth-order valence-electron chi connectivity index (χ4n) is 3.70. The lowest BCUT2D eigenvalue weighted by atomic mass is 9.92. The Labute approximate surface area is 162 Å². The van der Waals surface area contributed by atoms with Gasteiger partial charge in [-0.05, 0) is 55.2 Å². The lowest BCUT2D eigenvalue weighted by molar-refractivity contribution is 0.811. The first-order valence-electron chi connectivity index (χ1n) is 9.04. The van der Waals surface area contributed by atoms with Gasteiger partial charge >= 0.3 is 0 Å². The molecule has 0 radical (unpaired) electrons. The van der Waals surface area contributed by atoms with Gasteiger partial charge in [0.15, 0.2) is 0 Å². The molecule has 1 fully saturated rings. The van der Waals surface area contributed by atoms with E-state index in [1.54, 1.807) is 11.3 Å². The summed E-state index contributed by atoms with van der Waals surface area (Å²) in [5.74, 6) is 0. The standard InChI is InChI=1S/C23H17N3S/c1-15-13-16(7-8-17(15)14-24)21-25-19-9-10-20(26-22(19)27-21)23(11-12-23)18-5-3-2-4-6-18/h2-10,13H,11-12H2,1H3. The van der Waals surface area contributed by atoms with E-state index in [0.717, 1.165) is 45.0 Å². The molecule has 0 aliphatic heterocycles. The second-order valence-corrected chi connectivity index (χ2v) is 8.11. The van der Waals surface area contributed by atoms with Gasteiger partial charge in [0.1, 0.15) is 15.4 Å². The number of hydrogen-bond donors (Lipinski definition) is 0. The van der Waals surface area contributed by atoms with Crippen molar-refractivity contribution in [3.05, 3.63) is 83.0 Å². The molecule has 1 aliphatic carbocycles. The van der Waals surface area contributed by atoms with Gasteiger partial charge in [0, 0.05) is 11.0 Å². The molecule has 0 amide bonds. The van der Waals surface area contributed by atoms with E-state index < -0.39 is 0 Å². The van der Waals surface area contributed by atoms with E-state index in [2.05, 4.69) is 48.5 Å². The van der Waals surface area contributed by atoms with Crippen molar-refractivity contribution in [2.45, 2.75) is 25.2 Å². The Morgan fingerprint density at radius 3 is 2.52 bits per heavy atom. The summed E-state index contributed by atoms with van der Waals surface area (Å²) >= 11 is 1.62. The maximum Gasteiger partial charge on any atom is 0.144 e. The first-order chi connectivity index (χ1) is 13.2. The molecule has 0 bridgehead atoms. The minimum atomic E-state index is 0.0740. The van der Waals surface area contributed by atoms with Crippen LogP contribution in [0.2, 0.25) is 0 Å². The summed E-state index contributed by atoms with van der Waals surface area (Å²) in [5, 5.41) is 10.1.